The van der Waals surface area contributed by atoms with Crippen molar-refractivity contribution in [2.45, 2.75) is 50.9 Å². The lowest BCUT2D eigenvalue weighted by atomic mass is 10.2. The molecule has 1 aliphatic carbocycles. The topological polar surface area (TPSA) is 55.6 Å². The van der Waals surface area contributed by atoms with E-state index in [-0.39, 0.29) is 18.1 Å². The van der Waals surface area contributed by atoms with Gasteiger partial charge >= 0.3 is 0 Å². The van der Waals surface area contributed by atoms with Gasteiger partial charge in [-0.15, -0.1) is 0 Å². The molecule has 2 N–H and O–H groups in total. The van der Waals surface area contributed by atoms with E-state index in [1.807, 2.05) is 11.8 Å². The quantitative estimate of drug-likeness (QED) is 0.738. The summed E-state index contributed by atoms with van der Waals surface area (Å²) >= 11 is 0. The average Bonchev–Trinajstić information content (AvgIpc) is 2.97. The van der Waals surface area contributed by atoms with Gasteiger partial charge in [0.1, 0.15) is 6.10 Å². The standard InChI is InChI=1S/C11H20N2O2/c1-2-13(8-3-4-8)11(14)10-6-5-9(7-12)15-10/h8-10H,2-7,12H2,1H3/t9-,10+/m1/s1. The Labute approximate surface area is 90.8 Å². The highest BCUT2D eigenvalue weighted by atomic mass is 16.5. The number of nitrogens with zero attached hydrogens (tertiary/aromatic N) is 1. The van der Waals surface area contributed by atoms with E-state index in [0.29, 0.717) is 12.6 Å². The highest BCUT2D eigenvalue weighted by molar-refractivity contribution is 5.81. The van der Waals surface area contributed by atoms with Crippen LogP contribution in [0.5, 0.6) is 0 Å². The van der Waals surface area contributed by atoms with Crippen molar-refractivity contribution in [3.63, 3.8) is 0 Å². The maximum absolute atomic E-state index is 12.1. The molecule has 1 aliphatic heterocycles. The molecule has 1 saturated carbocycles. The van der Waals surface area contributed by atoms with Crippen LogP contribution in [0.2, 0.25) is 0 Å². The van der Waals surface area contributed by atoms with E-state index < -0.39 is 0 Å². The van der Waals surface area contributed by atoms with Crippen molar-refractivity contribution >= 4 is 5.91 Å². The molecule has 0 aromatic carbocycles. The van der Waals surface area contributed by atoms with Crippen LogP contribution < -0.4 is 5.73 Å². The lowest BCUT2D eigenvalue weighted by Crippen LogP contribution is -2.40. The zero-order valence-electron chi connectivity index (χ0n) is 9.32. The minimum absolute atomic E-state index is 0.0943. The normalized spacial score (nSPS) is 30.5. The number of rotatable bonds is 4. The van der Waals surface area contributed by atoms with E-state index in [0.717, 1.165) is 32.2 Å². The molecular formula is C11H20N2O2. The van der Waals surface area contributed by atoms with Crippen molar-refractivity contribution in [2.75, 3.05) is 13.1 Å². The second-order valence-electron chi connectivity index (χ2n) is 4.42. The van der Waals surface area contributed by atoms with Gasteiger partial charge in [0.15, 0.2) is 0 Å². The predicted octanol–water partition coefficient (Wildman–Crippen LogP) is 0.504. The molecule has 0 radical (unpaired) electrons. The van der Waals surface area contributed by atoms with Crippen LogP contribution in [-0.2, 0) is 9.53 Å². The summed E-state index contributed by atoms with van der Waals surface area (Å²) in [7, 11) is 0. The zero-order valence-corrected chi connectivity index (χ0v) is 9.32. The molecule has 1 saturated heterocycles. The number of amides is 1. The van der Waals surface area contributed by atoms with Crippen LogP contribution >= 0.6 is 0 Å². The van der Waals surface area contributed by atoms with Crippen LogP contribution in [0.15, 0.2) is 0 Å². The first-order valence-electron chi connectivity index (χ1n) is 5.92. The van der Waals surface area contributed by atoms with Crippen molar-refractivity contribution in [2.24, 2.45) is 5.73 Å². The van der Waals surface area contributed by atoms with Crippen molar-refractivity contribution in [3.05, 3.63) is 0 Å². The Morgan fingerprint density at radius 3 is 2.60 bits per heavy atom. The van der Waals surface area contributed by atoms with Gasteiger partial charge in [-0.3, -0.25) is 4.79 Å². The molecule has 2 aliphatic rings. The van der Waals surface area contributed by atoms with E-state index in [1.54, 1.807) is 0 Å². The third-order valence-electron chi connectivity index (χ3n) is 3.26. The molecule has 0 aromatic heterocycles. The van der Waals surface area contributed by atoms with Crippen LogP contribution in [0.25, 0.3) is 0 Å². The van der Waals surface area contributed by atoms with Crippen LogP contribution in [0.1, 0.15) is 32.6 Å². The number of ether oxygens (including phenoxy) is 1. The van der Waals surface area contributed by atoms with Gasteiger partial charge in [0.2, 0.25) is 0 Å². The second kappa shape index (κ2) is 4.49. The fourth-order valence-corrected chi connectivity index (χ4v) is 2.23. The van der Waals surface area contributed by atoms with Gasteiger partial charge in [-0.2, -0.15) is 0 Å². The first-order valence-corrected chi connectivity index (χ1v) is 5.92. The van der Waals surface area contributed by atoms with E-state index >= 15 is 0 Å². The highest BCUT2D eigenvalue weighted by Crippen LogP contribution is 2.29. The smallest absolute Gasteiger partial charge is 0.251 e. The molecule has 2 fully saturated rings. The van der Waals surface area contributed by atoms with Crippen LogP contribution in [0.3, 0.4) is 0 Å². The van der Waals surface area contributed by atoms with Crippen molar-refractivity contribution in [1.29, 1.82) is 0 Å². The molecule has 4 heteroatoms. The van der Waals surface area contributed by atoms with Gasteiger partial charge in [0, 0.05) is 19.1 Å². The second-order valence-corrected chi connectivity index (χ2v) is 4.42. The molecule has 1 heterocycles. The van der Waals surface area contributed by atoms with Gasteiger partial charge in [0.05, 0.1) is 6.10 Å². The fraction of sp³-hybridized carbons (Fsp3) is 0.909. The van der Waals surface area contributed by atoms with Crippen molar-refractivity contribution in [1.82, 2.24) is 4.90 Å². The fourth-order valence-electron chi connectivity index (χ4n) is 2.23. The van der Waals surface area contributed by atoms with E-state index in [2.05, 4.69) is 0 Å². The number of carbonyl (C=O) groups excluding carboxylic acids is 1. The molecule has 0 unspecified atom stereocenters. The Hall–Kier alpha value is -0.610. The average molecular weight is 212 g/mol. The highest BCUT2D eigenvalue weighted by Gasteiger charge is 2.38. The minimum atomic E-state index is -0.223. The number of likely N-dealkylation sites (N-methyl/N-ethyl adjacent to an activating group) is 1. The van der Waals surface area contributed by atoms with E-state index in [9.17, 15) is 4.79 Å². The summed E-state index contributed by atoms with van der Waals surface area (Å²) < 4.78 is 5.62. The summed E-state index contributed by atoms with van der Waals surface area (Å²) in [4.78, 5) is 14.0. The first-order chi connectivity index (χ1) is 7.26. The molecule has 0 spiro atoms. The molecule has 4 nitrogen and oxygen atoms in total. The zero-order chi connectivity index (χ0) is 10.8. The molecular weight excluding hydrogens is 192 g/mol. The van der Waals surface area contributed by atoms with Gasteiger partial charge in [-0.05, 0) is 32.6 Å². The monoisotopic (exact) mass is 212 g/mol. The Morgan fingerprint density at radius 2 is 2.13 bits per heavy atom. The summed E-state index contributed by atoms with van der Waals surface area (Å²) in [6.45, 7) is 3.36. The minimum Gasteiger partial charge on any atom is -0.364 e. The number of hydrogen-bond donors (Lipinski definition) is 1. The molecule has 2 rings (SSSR count). The molecule has 0 bridgehead atoms. The number of hydrogen-bond acceptors (Lipinski definition) is 3. The lowest BCUT2D eigenvalue weighted by Gasteiger charge is -2.23. The maximum Gasteiger partial charge on any atom is 0.251 e. The van der Waals surface area contributed by atoms with Gasteiger partial charge < -0.3 is 15.4 Å². The Bertz CT molecular complexity index is 241. The maximum atomic E-state index is 12.1. The van der Waals surface area contributed by atoms with Crippen LogP contribution in [0.4, 0.5) is 0 Å². The van der Waals surface area contributed by atoms with E-state index in [4.69, 9.17) is 10.5 Å². The van der Waals surface area contributed by atoms with Crippen molar-refractivity contribution in [3.8, 4) is 0 Å². The van der Waals surface area contributed by atoms with Crippen LogP contribution in [0, 0.1) is 0 Å². The Balaban J connectivity index is 1.89. The van der Waals surface area contributed by atoms with Crippen molar-refractivity contribution < 1.29 is 9.53 Å². The van der Waals surface area contributed by atoms with E-state index in [1.165, 1.54) is 0 Å². The lowest BCUT2D eigenvalue weighted by molar-refractivity contribution is -0.143. The third-order valence-corrected chi connectivity index (χ3v) is 3.26. The summed E-state index contributed by atoms with van der Waals surface area (Å²) in [5, 5.41) is 0. The summed E-state index contributed by atoms with van der Waals surface area (Å²) in [5.74, 6) is 0.177. The largest absolute Gasteiger partial charge is 0.364 e. The molecule has 0 aromatic rings. The number of carbonyl (C=O) groups is 1. The summed E-state index contributed by atoms with van der Waals surface area (Å²) in [6, 6.07) is 0.489. The first kappa shape index (κ1) is 10.9. The van der Waals surface area contributed by atoms with Gasteiger partial charge in [0.25, 0.3) is 5.91 Å². The molecule has 2 atom stereocenters. The molecule has 1 amide bonds. The van der Waals surface area contributed by atoms with Gasteiger partial charge in [-0.1, -0.05) is 0 Å². The summed E-state index contributed by atoms with van der Waals surface area (Å²) in [5.41, 5.74) is 5.53. The molecule has 86 valence electrons. The molecule has 15 heavy (non-hydrogen) atoms. The summed E-state index contributed by atoms with van der Waals surface area (Å²) in [6.07, 6.45) is 3.95. The predicted molar refractivity (Wildman–Crippen MR) is 57.4 cm³/mol. The van der Waals surface area contributed by atoms with Gasteiger partial charge in [-0.25, -0.2) is 0 Å². The van der Waals surface area contributed by atoms with Crippen LogP contribution in [-0.4, -0.2) is 42.1 Å². The Kier molecular flexibility index (Phi) is 3.26. The third kappa shape index (κ3) is 2.32. The number of nitrogens with two attached hydrogens (primary N) is 1. The Morgan fingerprint density at radius 1 is 1.40 bits per heavy atom. The SMILES string of the molecule is CCN(C(=O)[C@@H]1CC[C@H](CN)O1)C1CC1.